The highest BCUT2D eigenvalue weighted by Gasteiger charge is 2.34. The minimum atomic E-state index is -0.362. The molecule has 3 nitrogen and oxygen atoms in total. The van der Waals surface area contributed by atoms with Crippen molar-refractivity contribution >= 4 is 0 Å². The topological polar surface area (TPSA) is 38.0 Å². The van der Waals surface area contributed by atoms with Crippen LogP contribution in [0.3, 0.4) is 0 Å². The summed E-state index contributed by atoms with van der Waals surface area (Å²) in [5, 5.41) is 10.4. The first-order chi connectivity index (χ1) is 9.37. The van der Waals surface area contributed by atoms with E-state index < -0.39 is 0 Å². The number of rotatable bonds is 1. The van der Waals surface area contributed by atoms with Crippen LogP contribution < -0.4 is 0 Å². The second-order valence-corrected chi connectivity index (χ2v) is 6.78. The van der Waals surface area contributed by atoms with Crippen molar-refractivity contribution in [3.05, 3.63) is 46.9 Å². The van der Waals surface area contributed by atoms with Crippen molar-refractivity contribution in [1.29, 1.82) is 0 Å². The molecule has 0 bridgehead atoms. The molecule has 3 heteroatoms. The maximum atomic E-state index is 10.4. The van der Waals surface area contributed by atoms with Gasteiger partial charge < -0.3 is 9.67 Å². The molecule has 1 atom stereocenters. The van der Waals surface area contributed by atoms with E-state index in [0.29, 0.717) is 0 Å². The van der Waals surface area contributed by atoms with Crippen LogP contribution in [0.25, 0.3) is 5.82 Å². The maximum Gasteiger partial charge on any atom is 0.137 e. The fourth-order valence-corrected chi connectivity index (χ4v) is 3.30. The third kappa shape index (κ3) is 2.16. The van der Waals surface area contributed by atoms with Gasteiger partial charge in [-0.3, -0.25) is 0 Å². The number of nitrogens with zero attached hydrogens (tertiary/aromatic N) is 2. The molecule has 3 rings (SSSR count). The lowest BCUT2D eigenvalue weighted by atomic mass is 9.75. The van der Waals surface area contributed by atoms with Crippen LogP contribution in [0.1, 0.15) is 48.9 Å². The molecule has 1 aliphatic carbocycles. The Kier molecular flexibility index (Phi) is 2.98. The van der Waals surface area contributed by atoms with Crippen LogP contribution in [0.4, 0.5) is 0 Å². The Morgan fingerprint density at radius 2 is 2.05 bits per heavy atom. The zero-order valence-electron chi connectivity index (χ0n) is 12.6. The summed E-state index contributed by atoms with van der Waals surface area (Å²) in [6, 6.07) is 6.22. The van der Waals surface area contributed by atoms with Gasteiger partial charge in [0.15, 0.2) is 0 Å². The molecule has 2 aromatic rings. The van der Waals surface area contributed by atoms with Crippen molar-refractivity contribution < 1.29 is 5.11 Å². The first kappa shape index (κ1) is 13.4. The summed E-state index contributed by atoms with van der Waals surface area (Å²) in [4.78, 5) is 4.51. The Morgan fingerprint density at radius 3 is 2.75 bits per heavy atom. The summed E-state index contributed by atoms with van der Waals surface area (Å²) < 4.78 is 2.20. The molecule has 0 saturated heterocycles. The molecule has 2 aromatic heterocycles. The normalized spacial score (nSPS) is 20.8. The smallest absolute Gasteiger partial charge is 0.137 e. The monoisotopic (exact) mass is 270 g/mol. The van der Waals surface area contributed by atoms with Crippen molar-refractivity contribution in [3.63, 3.8) is 0 Å². The predicted octanol–water partition coefficient (Wildman–Crippen LogP) is 3.49. The molecule has 0 aliphatic heterocycles. The second-order valence-electron chi connectivity index (χ2n) is 6.78. The van der Waals surface area contributed by atoms with Crippen LogP contribution in [0.2, 0.25) is 0 Å². The van der Waals surface area contributed by atoms with Gasteiger partial charge in [-0.25, -0.2) is 4.98 Å². The number of hydrogen-bond acceptors (Lipinski definition) is 2. The molecule has 0 fully saturated rings. The minimum absolute atomic E-state index is 0.124. The van der Waals surface area contributed by atoms with Gasteiger partial charge in [-0.15, -0.1) is 0 Å². The highest BCUT2D eigenvalue weighted by molar-refractivity contribution is 5.41. The quantitative estimate of drug-likeness (QED) is 0.861. The van der Waals surface area contributed by atoms with Gasteiger partial charge in [0.05, 0.1) is 6.10 Å². The van der Waals surface area contributed by atoms with E-state index >= 15 is 0 Å². The summed E-state index contributed by atoms with van der Waals surface area (Å²) in [6.07, 6.45) is 3.28. The number of aliphatic hydroxyl groups excluding tert-OH is 1. The van der Waals surface area contributed by atoms with Gasteiger partial charge in [0.25, 0.3) is 0 Å². The fourth-order valence-electron chi connectivity index (χ4n) is 3.30. The lowest BCUT2D eigenvalue weighted by molar-refractivity contribution is 0.0986. The fraction of sp³-hybridized carbons (Fsp3) is 0.471. The molecule has 2 heterocycles. The molecule has 0 radical (unpaired) electrons. The van der Waals surface area contributed by atoms with E-state index in [9.17, 15) is 5.11 Å². The van der Waals surface area contributed by atoms with Crippen LogP contribution in [0.15, 0.2) is 24.4 Å². The molecular weight excluding hydrogens is 248 g/mol. The van der Waals surface area contributed by atoms with E-state index in [2.05, 4.69) is 49.4 Å². The molecule has 106 valence electrons. The van der Waals surface area contributed by atoms with E-state index in [1.54, 1.807) is 0 Å². The zero-order chi connectivity index (χ0) is 14.5. The summed E-state index contributed by atoms with van der Waals surface area (Å²) >= 11 is 0. The van der Waals surface area contributed by atoms with Crippen LogP contribution in [0.5, 0.6) is 0 Å². The second kappa shape index (κ2) is 4.45. The van der Waals surface area contributed by atoms with Crippen LogP contribution in [0, 0.1) is 19.3 Å². The van der Waals surface area contributed by atoms with Gasteiger partial charge >= 0.3 is 0 Å². The Morgan fingerprint density at radius 1 is 1.30 bits per heavy atom. The lowest BCUT2D eigenvalue weighted by Gasteiger charge is -2.33. The standard InChI is InChI=1S/C17H22N2O/c1-11-5-6-18-16(7-11)19-12(2)8-13-14(19)9-17(3,4)10-15(13)20/h5-8,15,20H,9-10H2,1-4H3. The first-order valence-corrected chi connectivity index (χ1v) is 7.20. The van der Waals surface area contributed by atoms with E-state index in [1.165, 1.54) is 11.3 Å². The Labute approximate surface area is 120 Å². The summed E-state index contributed by atoms with van der Waals surface area (Å²) in [7, 11) is 0. The molecule has 1 unspecified atom stereocenters. The summed E-state index contributed by atoms with van der Waals surface area (Å²) in [6.45, 7) is 8.60. The largest absolute Gasteiger partial charge is 0.388 e. The molecule has 20 heavy (non-hydrogen) atoms. The van der Waals surface area contributed by atoms with E-state index in [1.807, 2.05) is 12.3 Å². The SMILES string of the molecule is Cc1ccnc(-n2c(C)cc3c2CC(C)(C)CC3O)c1. The number of aryl methyl sites for hydroxylation is 2. The van der Waals surface area contributed by atoms with Crippen molar-refractivity contribution in [3.8, 4) is 5.82 Å². The van der Waals surface area contributed by atoms with E-state index in [0.717, 1.165) is 29.9 Å². The Bertz CT molecular complexity index is 655. The highest BCUT2D eigenvalue weighted by Crippen LogP contribution is 2.42. The van der Waals surface area contributed by atoms with Crippen molar-refractivity contribution in [1.82, 2.24) is 9.55 Å². The average Bonchev–Trinajstić information content (AvgIpc) is 2.64. The zero-order valence-corrected chi connectivity index (χ0v) is 12.6. The van der Waals surface area contributed by atoms with Gasteiger partial charge in [-0.05, 0) is 55.9 Å². The maximum absolute atomic E-state index is 10.4. The lowest BCUT2D eigenvalue weighted by Crippen LogP contribution is -2.26. The number of hydrogen-bond donors (Lipinski definition) is 1. The Balaban J connectivity index is 2.19. The number of pyridine rings is 1. The van der Waals surface area contributed by atoms with Gasteiger partial charge in [-0.1, -0.05) is 13.8 Å². The average molecular weight is 270 g/mol. The molecule has 0 spiro atoms. The minimum Gasteiger partial charge on any atom is -0.388 e. The van der Waals surface area contributed by atoms with Crippen molar-refractivity contribution in [2.45, 2.75) is 46.6 Å². The van der Waals surface area contributed by atoms with E-state index in [4.69, 9.17) is 0 Å². The summed E-state index contributed by atoms with van der Waals surface area (Å²) in [5.74, 6) is 0.952. The first-order valence-electron chi connectivity index (χ1n) is 7.20. The Hall–Kier alpha value is -1.61. The molecular formula is C17H22N2O. The van der Waals surface area contributed by atoms with Crippen LogP contribution in [-0.4, -0.2) is 14.7 Å². The van der Waals surface area contributed by atoms with Crippen molar-refractivity contribution in [2.75, 3.05) is 0 Å². The molecule has 0 aromatic carbocycles. The van der Waals surface area contributed by atoms with E-state index in [-0.39, 0.29) is 11.5 Å². The number of aliphatic hydroxyl groups is 1. The predicted molar refractivity (Wildman–Crippen MR) is 80.1 cm³/mol. The molecule has 1 aliphatic rings. The van der Waals surface area contributed by atoms with Gasteiger partial charge in [0.1, 0.15) is 5.82 Å². The van der Waals surface area contributed by atoms with Gasteiger partial charge in [0, 0.05) is 23.1 Å². The van der Waals surface area contributed by atoms with Gasteiger partial charge in [-0.2, -0.15) is 0 Å². The number of aromatic nitrogens is 2. The third-order valence-electron chi connectivity index (χ3n) is 4.20. The molecule has 0 amide bonds. The molecule has 1 N–H and O–H groups in total. The van der Waals surface area contributed by atoms with Crippen LogP contribution in [-0.2, 0) is 6.42 Å². The third-order valence-corrected chi connectivity index (χ3v) is 4.20. The van der Waals surface area contributed by atoms with Crippen LogP contribution >= 0.6 is 0 Å². The molecule has 0 saturated carbocycles. The number of fused-ring (bicyclic) bond motifs is 1. The van der Waals surface area contributed by atoms with Crippen molar-refractivity contribution in [2.24, 2.45) is 5.41 Å². The highest BCUT2D eigenvalue weighted by atomic mass is 16.3. The van der Waals surface area contributed by atoms with Gasteiger partial charge in [0.2, 0.25) is 0 Å². The summed E-state index contributed by atoms with van der Waals surface area (Å²) in [5.41, 5.74) is 4.76.